The quantitative estimate of drug-likeness (QED) is 0.309. The summed E-state index contributed by atoms with van der Waals surface area (Å²) in [5.41, 5.74) is 5.88. The Bertz CT molecular complexity index is 575. The fourth-order valence-electron chi connectivity index (χ4n) is 2.07. The van der Waals surface area contributed by atoms with Gasteiger partial charge in [-0.2, -0.15) is 0 Å². The molecule has 1 rings (SSSR count). The Morgan fingerprint density at radius 2 is 2.08 bits per heavy atom. The van der Waals surface area contributed by atoms with Crippen molar-refractivity contribution in [2.24, 2.45) is 5.73 Å². The van der Waals surface area contributed by atoms with Gasteiger partial charge in [-0.25, -0.2) is 4.98 Å². The van der Waals surface area contributed by atoms with Gasteiger partial charge in [0.2, 0.25) is 18.1 Å². The van der Waals surface area contributed by atoms with E-state index in [2.05, 4.69) is 20.6 Å². The lowest BCUT2D eigenvalue weighted by Gasteiger charge is -2.20. The van der Waals surface area contributed by atoms with Crippen molar-refractivity contribution in [3.63, 3.8) is 0 Å². The monoisotopic (exact) mass is 352 g/mol. The highest BCUT2D eigenvalue weighted by Gasteiger charge is 2.24. The average Bonchev–Trinajstić information content (AvgIpc) is 3.08. The molecule has 10 heteroatoms. The van der Waals surface area contributed by atoms with Crippen LogP contribution < -0.4 is 16.4 Å². The summed E-state index contributed by atoms with van der Waals surface area (Å²) < 4.78 is 0. The molecule has 0 aromatic carbocycles. The van der Waals surface area contributed by atoms with Crippen LogP contribution in [0.3, 0.4) is 0 Å². The van der Waals surface area contributed by atoms with E-state index >= 15 is 0 Å². The minimum absolute atomic E-state index is 0.0937. The smallest absolute Gasteiger partial charge is 0.303 e. The molecule has 0 saturated carbocycles. The number of carbonyl (C=O) groups excluding carboxylic acids is 3. The first-order valence-electron chi connectivity index (χ1n) is 7.83. The number of carbonyl (C=O) groups is 3. The SMILES string of the molecule is NCCCC(=O)N[C@@H](CCC(=O)O)C(=O)N[C@H]([C]=O)Cc1c[nH]cn1. The highest BCUT2D eigenvalue weighted by molar-refractivity contribution is 5.89. The molecule has 0 saturated heterocycles. The molecular weight excluding hydrogens is 330 g/mol. The largest absolute Gasteiger partial charge is 0.481 e. The summed E-state index contributed by atoms with van der Waals surface area (Å²) in [5.74, 6) is -2.15. The maximum atomic E-state index is 12.3. The summed E-state index contributed by atoms with van der Waals surface area (Å²) in [6.45, 7) is 0.325. The van der Waals surface area contributed by atoms with Crippen molar-refractivity contribution in [2.75, 3.05) is 6.54 Å². The molecule has 0 bridgehead atoms. The number of imidazole rings is 1. The van der Waals surface area contributed by atoms with Crippen LogP contribution in [0.2, 0.25) is 0 Å². The Morgan fingerprint density at radius 1 is 1.32 bits per heavy atom. The molecular formula is C15H22N5O5. The van der Waals surface area contributed by atoms with Gasteiger partial charge in [-0.3, -0.25) is 19.2 Å². The third-order valence-corrected chi connectivity index (χ3v) is 3.33. The molecule has 10 nitrogen and oxygen atoms in total. The van der Waals surface area contributed by atoms with Gasteiger partial charge < -0.3 is 26.5 Å². The summed E-state index contributed by atoms with van der Waals surface area (Å²) >= 11 is 0. The van der Waals surface area contributed by atoms with Gasteiger partial charge in [-0.1, -0.05) is 0 Å². The minimum Gasteiger partial charge on any atom is -0.481 e. The number of carboxylic acid groups (broad SMARTS) is 1. The van der Waals surface area contributed by atoms with E-state index in [4.69, 9.17) is 10.8 Å². The fourth-order valence-corrected chi connectivity index (χ4v) is 2.07. The van der Waals surface area contributed by atoms with Crippen LogP contribution in [-0.4, -0.2) is 57.8 Å². The zero-order valence-electron chi connectivity index (χ0n) is 13.7. The van der Waals surface area contributed by atoms with Crippen molar-refractivity contribution >= 4 is 24.1 Å². The average molecular weight is 352 g/mol. The van der Waals surface area contributed by atoms with Gasteiger partial charge in [-0.05, 0) is 19.4 Å². The third kappa shape index (κ3) is 8.06. The van der Waals surface area contributed by atoms with Crippen LogP contribution in [-0.2, 0) is 25.6 Å². The Labute approximate surface area is 144 Å². The predicted octanol–water partition coefficient (Wildman–Crippen LogP) is -1.36. The summed E-state index contributed by atoms with van der Waals surface area (Å²) in [4.78, 5) is 52.6. The highest BCUT2D eigenvalue weighted by Crippen LogP contribution is 2.02. The number of aliphatic carboxylic acids is 1. The zero-order valence-corrected chi connectivity index (χ0v) is 13.7. The lowest BCUT2D eigenvalue weighted by Crippen LogP contribution is -2.50. The summed E-state index contributed by atoms with van der Waals surface area (Å²) in [6, 6.07) is -2.01. The molecule has 0 fully saturated rings. The van der Waals surface area contributed by atoms with E-state index in [0.29, 0.717) is 18.7 Å². The van der Waals surface area contributed by atoms with E-state index in [-0.39, 0.29) is 25.7 Å². The normalized spacial score (nSPS) is 12.8. The van der Waals surface area contributed by atoms with Crippen molar-refractivity contribution in [2.45, 2.75) is 44.2 Å². The fraction of sp³-hybridized carbons (Fsp3) is 0.533. The highest BCUT2D eigenvalue weighted by atomic mass is 16.4. The number of amides is 2. The van der Waals surface area contributed by atoms with Gasteiger partial charge in [0.05, 0.1) is 12.0 Å². The third-order valence-electron chi connectivity index (χ3n) is 3.33. The second-order valence-electron chi connectivity index (χ2n) is 5.39. The van der Waals surface area contributed by atoms with Crippen LogP contribution in [0.1, 0.15) is 31.4 Å². The zero-order chi connectivity index (χ0) is 18.7. The minimum atomic E-state index is -1.09. The van der Waals surface area contributed by atoms with Crippen molar-refractivity contribution in [1.82, 2.24) is 20.6 Å². The maximum Gasteiger partial charge on any atom is 0.303 e. The Balaban J connectivity index is 2.66. The van der Waals surface area contributed by atoms with Gasteiger partial charge in [0.15, 0.2) is 0 Å². The van der Waals surface area contributed by atoms with Crippen molar-refractivity contribution < 1.29 is 24.3 Å². The number of rotatable bonds is 12. The van der Waals surface area contributed by atoms with Crippen LogP contribution >= 0.6 is 0 Å². The number of aromatic amines is 1. The molecule has 137 valence electrons. The molecule has 0 spiro atoms. The van der Waals surface area contributed by atoms with Crippen LogP contribution in [0.5, 0.6) is 0 Å². The number of nitrogens with zero attached hydrogens (tertiary/aromatic N) is 1. The number of hydrogen-bond donors (Lipinski definition) is 5. The molecule has 0 unspecified atom stereocenters. The van der Waals surface area contributed by atoms with E-state index in [1.165, 1.54) is 6.33 Å². The molecule has 25 heavy (non-hydrogen) atoms. The van der Waals surface area contributed by atoms with Gasteiger partial charge in [0.1, 0.15) is 12.1 Å². The topological polar surface area (TPSA) is 167 Å². The molecule has 0 aliphatic heterocycles. The van der Waals surface area contributed by atoms with Crippen LogP contribution in [0, 0.1) is 0 Å². The van der Waals surface area contributed by atoms with Crippen LogP contribution in [0.4, 0.5) is 0 Å². The predicted molar refractivity (Wildman–Crippen MR) is 87.0 cm³/mol. The van der Waals surface area contributed by atoms with Gasteiger partial charge >= 0.3 is 5.97 Å². The van der Waals surface area contributed by atoms with Gasteiger partial charge in [0.25, 0.3) is 0 Å². The van der Waals surface area contributed by atoms with Crippen molar-refractivity contribution in [1.29, 1.82) is 0 Å². The maximum absolute atomic E-state index is 12.3. The van der Waals surface area contributed by atoms with Crippen LogP contribution in [0.25, 0.3) is 0 Å². The molecule has 0 aliphatic rings. The molecule has 1 aromatic heterocycles. The lowest BCUT2D eigenvalue weighted by molar-refractivity contribution is -0.138. The first-order chi connectivity index (χ1) is 12.0. The standard InChI is InChI=1S/C15H22N5O5/c16-5-1-2-13(22)20-12(3-4-14(23)24)15(25)19-11(8-21)6-10-7-17-9-18-10/h7,9,11-12H,1-6,16H2,(H,17,18)(H,19,25)(H,20,22)(H,23,24)/t11-,12-/m0/s1. The Kier molecular flexibility index (Phi) is 8.86. The number of aromatic nitrogens is 2. The van der Waals surface area contributed by atoms with E-state index in [1.807, 2.05) is 0 Å². The first-order valence-corrected chi connectivity index (χ1v) is 7.83. The molecule has 1 heterocycles. The van der Waals surface area contributed by atoms with Crippen LogP contribution in [0.15, 0.2) is 12.5 Å². The molecule has 0 aliphatic carbocycles. The van der Waals surface area contributed by atoms with E-state index in [0.717, 1.165) is 0 Å². The molecule has 2 amide bonds. The summed E-state index contributed by atoms with van der Waals surface area (Å²) in [7, 11) is 0. The number of H-pyrrole nitrogens is 1. The Morgan fingerprint density at radius 3 is 2.64 bits per heavy atom. The summed E-state index contributed by atoms with van der Waals surface area (Å²) in [5, 5.41) is 13.7. The molecule has 2 atom stereocenters. The van der Waals surface area contributed by atoms with Gasteiger partial charge in [0, 0.05) is 25.5 Å². The number of nitrogens with two attached hydrogens (primary N) is 1. The Hall–Kier alpha value is -2.75. The second kappa shape index (κ2) is 10.9. The van der Waals surface area contributed by atoms with Gasteiger partial charge in [-0.15, -0.1) is 0 Å². The van der Waals surface area contributed by atoms with Crippen molar-refractivity contribution in [3.8, 4) is 0 Å². The van der Waals surface area contributed by atoms with E-state index in [9.17, 15) is 19.2 Å². The van der Waals surface area contributed by atoms with Crippen molar-refractivity contribution in [3.05, 3.63) is 18.2 Å². The lowest BCUT2D eigenvalue weighted by atomic mass is 10.1. The number of hydrogen-bond acceptors (Lipinski definition) is 6. The van der Waals surface area contributed by atoms with E-state index in [1.54, 1.807) is 12.5 Å². The first kappa shape index (κ1) is 20.3. The molecule has 1 aromatic rings. The number of nitrogens with one attached hydrogen (secondary N) is 3. The number of carboxylic acids is 1. The second-order valence-corrected chi connectivity index (χ2v) is 5.39. The molecule has 1 radical (unpaired) electrons. The summed E-state index contributed by atoms with van der Waals surface area (Å²) in [6.07, 6.45) is 5.02. The van der Waals surface area contributed by atoms with E-state index < -0.39 is 29.9 Å². The molecule has 6 N–H and O–H groups in total.